The summed E-state index contributed by atoms with van der Waals surface area (Å²) < 4.78 is 0. The highest BCUT2D eigenvalue weighted by Gasteiger charge is 2.09. The summed E-state index contributed by atoms with van der Waals surface area (Å²) in [7, 11) is 0. The summed E-state index contributed by atoms with van der Waals surface area (Å²) in [5, 5.41) is 3.65. The maximum atomic E-state index is 11.6. The Hall–Kier alpha value is -1.06. The van der Waals surface area contributed by atoms with Gasteiger partial charge < -0.3 is 11.1 Å². The average Bonchev–Trinajstić information content (AvgIpc) is 2.38. The first-order valence-electron chi connectivity index (χ1n) is 6.37. The van der Waals surface area contributed by atoms with E-state index in [4.69, 9.17) is 17.3 Å². The zero-order valence-corrected chi connectivity index (χ0v) is 11.5. The summed E-state index contributed by atoms with van der Waals surface area (Å²) in [6.07, 6.45) is 2.29. The average molecular weight is 269 g/mol. The molecule has 0 fully saturated rings. The van der Waals surface area contributed by atoms with Gasteiger partial charge in [0.05, 0.1) is 0 Å². The summed E-state index contributed by atoms with van der Waals surface area (Å²) in [5.74, 6) is 0.377. The predicted octanol–water partition coefficient (Wildman–Crippen LogP) is 2.37. The van der Waals surface area contributed by atoms with E-state index in [9.17, 15) is 4.79 Å². The van der Waals surface area contributed by atoms with Gasteiger partial charge in [-0.25, -0.2) is 0 Å². The minimum Gasteiger partial charge on any atom is -0.356 e. The summed E-state index contributed by atoms with van der Waals surface area (Å²) in [6, 6.07) is 7.67. The second-order valence-corrected chi connectivity index (χ2v) is 4.88. The Bertz CT molecular complexity index is 361. The number of halogens is 1. The topological polar surface area (TPSA) is 55.1 Å². The Morgan fingerprint density at radius 3 is 2.61 bits per heavy atom. The number of hydrogen-bond acceptors (Lipinski definition) is 2. The van der Waals surface area contributed by atoms with Gasteiger partial charge in [0.15, 0.2) is 0 Å². The molecule has 0 aliphatic carbocycles. The van der Waals surface area contributed by atoms with Crippen molar-refractivity contribution in [2.24, 2.45) is 11.7 Å². The molecule has 0 heterocycles. The number of nitrogens with one attached hydrogen (secondary N) is 1. The van der Waals surface area contributed by atoms with Gasteiger partial charge >= 0.3 is 0 Å². The molecule has 0 radical (unpaired) electrons. The van der Waals surface area contributed by atoms with Crippen molar-refractivity contribution in [3.63, 3.8) is 0 Å². The largest absolute Gasteiger partial charge is 0.356 e. The van der Waals surface area contributed by atoms with Crippen molar-refractivity contribution in [3.05, 3.63) is 34.9 Å². The number of carbonyl (C=O) groups is 1. The lowest BCUT2D eigenvalue weighted by Crippen LogP contribution is -2.29. The van der Waals surface area contributed by atoms with Crippen molar-refractivity contribution < 1.29 is 4.79 Å². The van der Waals surface area contributed by atoms with Crippen LogP contribution in [0.25, 0.3) is 0 Å². The molecule has 3 nitrogen and oxygen atoms in total. The standard InChI is InChI=1S/C14H21ClN2O/c1-2-11(10-16)9-14(18)17-8-7-12-3-5-13(15)6-4-12/h3-6,11H,2,7-10,16H2,1H3,(H,17,18). The van der Waals surface area contributed by atoms with Crippen molar-refractivity contribution >= 4 is 17.5 Å². The molecule has 1 aromatic carbocycles. The smallest absolute Gasteiger partial charge is 0.220 e. The molecule has 1 unspecified atom stereocenters. The third kappa shape index (κ3) is 5.52. The van der Waals surface area contributed by atoms with Gasteiger partial charge in [0.2, 0.25) is 5.91 Å². The molecular weight excluding hydrogens is 248 g/mol. The number of amides is 1. The highest BCUT2D eigenvalue weighted by atomic mass is 35.5. The van der Waals surface area contributed by atoms with Gasteiger partial charge in [0.25, 0.3) is 0 Å². The summed E-state index contributed by atoms with van der Waals surface area (Å²) in [6.45, 7) is 3.28. The van der Waals surface area contributed by atoms with Gasteiger partial charge in [-0.3, -0.25) is 4.79 Å². The Labute approximate surface area is 114 Å². The Balaban J connectivity index is 2.25. The van der Waals surface area contributed by atoms with Crippen LogP contribution < -0.4 is 11.1 Å². The van der Waals surface area contributed by atoms with E-state index in [2.05, 4.69) is 12.2 Å². The Kier molecular flexibility index (Phi) is 6.76. The lowest BCUT2D eigenvalue weighted by molar-refractivity contribution is -0.121. The molecule has 0 bridgehead atoms. The third-order valence-corrected chi connectivity index (χ3v) is 3.29. The maximum Gasteiger partial charge on any atom is 0.220 e. The first-order valence-corrected chi connectivity index (χ1v) is 6.74. The minimum absolute atomic E-state index is 0.0845. The molecule has 1 rings (SSSR count). The lowest BCUT2D eigenvalue weighted by atomic mass is 10.0. The highest BCUT2D eigenvalue weighted by Crippen LogP contribution is 2.09. The van der Waals surface area contributed by atoms with Crippen LogP contribution in [0.1, 0.15) is 25.3 Å². The molecule has 4 heteroatoms. The van der Waals surface area contributed by atoms with Crippen LogP contribution in [0.5, 0.6) is 0 Å². The zero-order valence-electron chi connectivity index (χ0n) is 10.8. The Morgan fingerprint density at radius 2 is 2.06 bits per heavy atom. The van der Waals surface area contributed by atoms with Crippen LogP contribution in [0.15, 0.2) is 24.3 Å². The molecular formula is C14H21ClN2O. The molecule has 0 saturated carbocycles. The monoisotopic (exact) mass is 268 g/mol. The van der Waals surface area contributed by atoms with Crippen LogP contribution in [0.4, 0.5) is 0 Å². The van der Waals surface area contributed by atoms with E-state index in [0.29, 0.717) is 25.4 Å². The summed E-state index contributed by atoms with van der Waals surface area (Å²) in [5.41, 5.74) is 6.74. The van der Waals surface area contributed by atoms with Crippen molar-refractivity contribution in [1.82, 2.24) is 5.32 Å². The minimum atomic E-state index is 0.0845. The fourth-order valence-corrected chi connectivity index (χ4v) is 1.85. The molecule has 100 valence electrons. The van der Waals surface area contributed by atoms with E-state index in [1.807, 2.05) is 24.3 Å². The highest BCUT2D eigenvalue weighted by molar-refractivity contribution is 6.30. The molecule has 0 aromatic heterocycles. The third-order valence-electron chi connectivity index (χ3n) is 3.03. The van der Waals surface area contributed by atoms with E-state index in [-0.39, 0.29) is 5.91 Å². The fraction of sp³-hybridized carbons (Fsp3) is 0.500. The molecule has 0 aliphatic rings. The Morgan fingerprint density at radius 1 is 1.39 bits per heavy atom. The van der Waals surface area contributed by atoms with Gasteiger partial charge in [-0.15, -0.1) is 0 Å². The van der Waals surface area contributed by atoms with Crippen molar-refractivity contribution in [2.45, 2.75) is 26.2 Å². The maximum absolute atomic E-state index is 11.6. The van der Waals surface area contributed by atoms with E-state index >= 15 is 0 Å². The summed E-state index contributed by atoms with van der Waals surface area (Å²) in [4.78, 5) is 11.6. The predicted molar refractivity (Wildman–Crippen MR) is 75.6 cm³/mol. The first-order chi connectivity index (χ1) is 8.65. The molecule has 18 heavy (non-hydrogen) atoms. The van der Waals surface area contributed by atoms with Crippen LogP contribution in [-0.4, -0.2) is 19.0 Å². The van der Waals surface area contributed by atoms with Gasteiger partial charge in [-0.1, -0.05) is 37.1 Å². The van der Waals surface area contributed by atoms with E-state index in [1.54, 1.807) is 0 Å². The van der Waals surface area contributed by atoms with Crippen molar-refractivity contribution in [3.8, 4) is 0 Å². The molecule has 0 spiro atoms. The molecule has 0 aliphatic heterocycles. The number of nitrogens with two attached hydrogens (primary N) is 1. The van der Waals surface area contributed by atoms with Crippen LogP contribution in [0, 0.1) is 5.92 Å². The molecule has 1 aromatic rings. The van der Waals surface area contributed by atoms with Crippen molar-refractivity contribution in [2.75, 3.05) is 13.1 Å². The molecule has 0 saturated heterocycles. The SMILES string of the molecule is CCC(CN)CC(=O)NCCc1ccc(Cl)cc1. The molecule has 3 N–H and O–H groups in total. The zero-order chi connectivity index (χ0) is 13.4. The van der Waals surface area contributed by atoms with E-state index in [1.165, 1.54) is 5.56 Å². The first kappa shape index (κ1) is 15.0. The van der Waals surface area contributed by atoms with Gasteiger partial charge in [0, 0.05) is 18.0 Å². The molecule has 1 amide bonds. The van der Waals surface area contributed by atoms with Crippen LogP contribution in [0.2, 0.25) is 5.02 Å². The summed E-state index contributed by atoms with van der Waals surface area (Å²) >= 11 is 5.80. The van der Waals surface area contributed by atoms with Crippen LogP contribution in [0.3, 0.4) is 0 Å². The number of rotatable bonds is 7. The van der Waals surface area contributed by atoms with Crippen LogP contribution >= 0.6 is 11.6 Å². The van der Waals surface area contributed by atoms with Gasteiger partial charge in [0.1, 0.15) is 0 Å². The normalized spacial score (nSPS) is 12.2. The van der Waals surface area contributed by atoms with Crippen molar-refractivity contribution in [1.29, 1.82) is 0 Å². The van der Waals surface area contributed by atoms with Crippen LogP contribution in [-0.2, 0) is 11.2 Å². The van der Waals surface area contributed by atoms with Gasteiger partial charge in [-0.05, 0) is 36.6 Å². The van der Waals surface area contributed by atoms with E-state index in [0.717, 1.165) is 17.9 Å². The number of hydrogen-bond donors (Lipinski definition) is 2. The second-order valence-electron chi connectivity index (χ2n) is 4.44. The number of carbonyl (C=O) groups excluding carboxylic acids is 1. The number of benzene rings is 1. The molecule has 1 atom stereocenters. The van der Waals surface area contributed by atoms with Gasteiger partial charge in [-0.2, -0.15) is 0 Å². The lowest BCUT2D eigenvalue weighted by Gasteiger charge is -2.11. The second kappa shape index (κ2) is 8.11. The fourth-order valence-electron chi connectivity index (χ4n) is 1.73. The van der Waals surface area contributed by atoms with E-state index < -0.39 is 0 Å². The quantitative estimate of drug-likeness (QED) is 0.798.